The highest BCUT2D eigenvalue weighted by molar-refractivity contribution is 7.85. The first-order chi connectivity index (χ1) is 14.2. The van der Waals surface area contributed by atoms with Crippen LogP contribution in [0.1, 0.15) is 15.9 Å². The zero-order valence-electron chi connectivity index (χ0n) is 16.2. The molecule has 0 spiro atoms. The summed E-state index contributed by atoms with van der Waals surface area (Å²) in [6.07, 6.45) is 0. The number of amides is 1. The van der Waals surface area contributed by atoms with Crippen LogP contribution in [0.3, 0.4) is 0 Å². The van der Waals surface area contributed by atoms with E-state index in [2.05, 4.69) is 15.3 Å². The molecule has 1 amide bonds. The summed E-state index contributed by atoms with van der Waals surface area (Å²) in [4.78, 5) is 15.0. The minimum absolute atomic E-state index is 0.117. The second kappa shape index (κ2) is 14.0. The Kier molecular flexibility index (Phi) is 11.3. The molecular weight excluding hydrogens is 400 g/mol. The Balaban J connectivity index is 1.43. The number of rotatable bonds is 16. The van der Waals surface area contributed by atoms with E-state index in [-0.39, 0.29) is 5.91 Å². The maximum atomic E-state index is 12.5. The highest BCUT2D eigenvalue weighted by Gasteiger charge is 2.23. The van der Waals surface area contributed by atoms with Gasteiger partial charge in [0.25, 0.3) is 5.91 Å². The number of hydrogen-bond acceptors (Lipinski definition) is 7. The summed E-state index contributed by atoms with van der Waals surface area (Å²) >= 11 is 0. The van der Waals surface area contributed by atoms with Crippen molar-refractivity contribution in [3.63, 3.8) is 0 Å². The molecule has 0 saturated carbocycles. The van der Waals surface area contributed by atoms with Crippen molar-refractivity contribution in [2.75, 3.05) is 65.2 Å². The van der Waals surface area contributed by atoms with E-state index >= 15 is 0 Å². The van der Waals surface area contributed by atoms with Crippen LogP contribution >= 0.6 is 0 Å². The van der Waals surface area contributed by atoms with Crippen LogP contribution in [-0.4, -0.2) is 75.3 Å². The predicted molar refractivity (Wildman–Crippen MR) is 106 cm³/mol. The van der Waals surface area contributed by atoms with Gasteiger partial charge in [-0.25, -0.2) is 0 Å². The Hall–Kier alpha value is -2.01. The smallest absolute Gasteiger partial charge is 0.251 e. The third-order valence-corrected chi connectivity index (χ3v) is 5.39. The van der Waals surface area contributed by atoms with Crippen molar-refractivity contribution in [1.29, 1.82) is 0 Å². The van der Waals surface area contributed by atoms with Crippen molar-refractivity contribution in [3.05, 3.63) is 39.8 Å². The maximum absolute atomic E-state index is 12.5. The van der Waals surface area contributed by atoms with Gasteiger partial charge in [-0.15, -0.1) is 0 Å². The SMILES string of the molecule is [N-]=[N+]=NCCOCCOCCOCCOCCS(=O)c1cccc2c1CNC2=O. The van der Waals surface area contributed by atoms with E-state index < -0.39 is 10.8 Å². The van der Waals surface area contributed by atoms with E-state index in [0.717, 1.165) is 5.56 Å². The van der Waals surface area contributed by atoms with Crippen LogP contribution in [0.15, 0.2) is 28.2 Å². The third kappa shape index (κ3) is 8.48. The summed E-state index contributed by atoms with van der Waals surface area (Å²) in [7, 11) is -1.21. The van der Waals surface area contributed by atoms with E-state index in [4.69, 9.17) is 24.5 Å². The quantitative estimate of drug-likeness (QED) is 0.184. The highest BCUT2D eigenvalue weighted by Crippen LogP contribution is 2.22. The van der Waals surface area contributed by atoms with Gasteiger partial charge in [0.05, 0.1) is 69.4 Å². The third-order valence-electron chi connectivity index (χ3n) is 3.98. The molecule has 10 nitrogen and oxygen atoms in total. The molecule has 0 saturated heterocycles. The van der Waals surface area contributed by atoms with E-state index in [1.54, 1.807) is 18.2 Å². The van der Waals surface area contributed by atoms with Crippen LogP contribution in [0.4, 0.5) is 0 Å². The van der Waals surface area contributed by atoms with Gasteiger partial charge in [-0.3, -0.25) is 9.00 Å². The average molecular weight is 426 g/mol. The molecule has 11 heteroatoms. The van der Waals surface area contributed by atoms with Crippen molar-refractivity contribution < 1.29 is 28.0 Å². The summed E-state index contributed by atoms with van der Waals surface area (Å²) in [6, 6.07) is 5.29. The van der Waals surface area contributed by atoms with Crippen LogP contribution in [0.5, 0.6) is 0 Å². The lowest BCUT2D eigenvalue weighted by molar-refractivity contribution is 0.000604. The van der Waals surface area contributed by atoms with Gasteiger partial charge in [0.1, 0.15) is 0 Å². The van der Waals surface area contributed by atoms with Gasteiger partial charge in [0, 0.05) is 34.0 Å². The van der Waals surface area contributed by atoms with Crippen molar-refractivity contribution in [1.82, 2.24) is 5.32 Å². The number of azide groups is 1. The molecule has 0 aliphatic carbocycles. The normalized spacial score (nSPS) is 13.6. The molecule has 160 valence electrons. The van der Waals surface area contributed by atoms with Crippen LogP contribution < -0.4 is 5.32 Å². The van der Waals surface area contributed by atoms with Gasteiger partial charge < -0.3 is 24.3 Å². The lowest BCUT2D eigenvalue weighted by atomic mass is 10.1. The van der Waals surface area contributed by atoms with Gasteiger partial charge >= 0.3 is 0 Å². The second-order valence-electron chi connectivity index (χ2n) is 5.92. The fourth-order valence-electron chi connectivity index (χ4n) is 2.59. The highest BCUT2D eigenvalue weighted by atomic mass is 32.2. The Morgan fingerprint density at radius 1 is 1.00 bits per heavy atom. The van der Waals surface area contributed by atoms with Gasteiger partial charge in [0.15, 0.2) is 0 Å². The van der Waals surface area contributed by atoms with Gasteiger partial charge in [-0.05, 0) is 17.7 Å². The first kappa shape index (κ1) is 23.3. The predicted octanol–water partition coefficient (Wildman–Crippen LogP) is 1.41. The van der Waals surface area contributed by atoms with Crippen LogP contribution in [0.25, 0.3) is 10.4 Å². The van der Waals surface area contributed by atoms with E-state index in [0.29, 0.717) is 82.2 Å². The van der Waals surface area contributed by atoms with E-state index in [9.17, 15) is 9.00 Å². The topological polar surface area (TPSA) is 132 Å². The number of nitrogens with zero attached hydrogens (tertiary/aromatic N) is 3. The van der Waals surface area contributed by atoms with Crippen LogP contribution in [-0.2, 0) is 36.3 Å². The number of hydrogen-bond donors (Lipinski definition) is 1. The summed E-state index contributed by atoms with van der Waals surface area (Å²) < 4.78 is 33.8. The number of carbonyl (C=O) groups excluding carboxylic acids is 1. The molecule has 0 aromatic heterocycles. The second-order valence-corrected chi connectivity index (χ2v) is 7.46. The van der Waals surface area contributed by atoms with Crippen LogP contribution in [0.2, 0.25) is 0 Å². The fourth-order valence-corrected chi connectivity index (χ4v) is 3.77. The summed E-state index contributed by atoms with van der Waals surface area (Å²) in [5, 5.41) is 6.10. The minimum atomic E-state index is -1.21. The standard InChI is InChI=1S/C18H26N4O6S/c19-22-21-4-5-25-6-7-26-8-9-27-10-11-28-12-13-29(24)17-3-1-2-15-16(17)14-20-18(15)23/h1-3H,4-14H2,(H,20,23). The van der Waals surface area contributed by atoms with Gasteiger partial charge in [-0.2, -0.15) is 0 Å². The lowest BCUT2D eigenvalue weighted by Crippen LogP contribution is -2.14. The molecule has 1 unspecified atom stereocenters. The summed E-state index contributed by atoms with van der Waals surface area (Å²) in [5.74, 6) is 0.252. The van der Waals surface area contributed by atoms with E-state index in [1.807, 2.05) is 0 Å². The number of benzene rings is 1. The minimum Gasteiger partial charge on any atom is -0.379 e. The number of fused-ring (bicyclic) bond motifs is 1. The Labute approximate surface area is 171 Å². The Bertz CT molecular complexity index is 726. The average Bonchev–Trinajstić information content (AvgIpc) is 3.12. The number of carbonyl (C=O) groups is 1. The molecular formula is C18H26N4O6S. The molecule has 1 aliphatic heterocycles. The van der Waals surface area contributed by atoms with Crippen molar-refractivity contribution >= 4 is 16.7 Å². The van der Waals surface area contributed by atoms with Crippen molar-refractivity contribution in [2.45, 2.75) is 11.4 Å². The first-order valence-electron chi connectivity index (χ1n) is 9.34. The fraction of sp³-hybridized carbons (Fsp3) is 0.611. The molecule has 1 N–H and O–H groups in total. The zero-order valence-corrected chi connectivity index (χ0v) is 17.0. The van der Waals surface area contributed by atoms with Crippen molar-refractivity contribution in [3.8, 4) is 0 Å². The molecule has 1 aromatic carbocycles. The molecule has 2 rings (SSSR count). The number of nitrogens with one attached hydrogen (secondary N) is 1. The molecule has 1 aromatic rings. The molecule has 0 fully saturated rings. The summed E-state index contributed by atoms with van der Waals surface area (Å²) in [5.41, 5.74) is 9.52. The molecule has 29 heavy (non-hydrogen) atoms. The molecule has 0 radical (unpaired) electrons. The molecule has 1 aliphatic rings. The Morgan fingerprint density at radius 2 is 1.62 bits per heavy atom. The molecule has 1 heterocycles. The van der Waals surface area contributed by atoms with Gasteiger partial charge in [0.2, 0.25) is 0 Å². The van der Waals surface area contributed by atoms with Crippen LogP contribution in [0, 0.1) is 0 Å². The van der Waals surface area contributed by atoms with Gasteiger partial charge in [-0.1, -0.05) is 11.2 Å². The number of ether oxygens (including phenoxy) is 4. The first-order valence-corrected chi connectivity index (χ1v) is 10.7. The molecule has 1 atom stereocenters. The monoisotopic (exact) mass is 426 g/mol. The Morgan fingerprint density at radius 3 is 2.28 bits per heavy atom. The van der Waals surface area contributed by atoms with E-state index in [1.165, 1.54) is 0 Å². The zero-order chi connectivity index (χ0) is 20.7. The molecule has 0 bridgehead atoms. The summed E-state index contributed by atoms with van der Waals surface area (Å²) in [6.45, 7) is 4.11. The maximum Gasteiger partial charge on any atom is 0.251 e. The lowest BCUT2D eigenvalue weighted by Gasteiger charge is -2.08. The largest absolute Gasteiger partial charge is 0.379 e. The van der Waals surface area contributed by atoms with Crippen molar-refractivity contribution in [2.24, 2.45) is 5.11 Å².